The first-order chi connectivity index (χ1) is 11.3. The molecule has 0 bridgehead atoms. The highest BCUT2D eigenvalue weighted by atomic mass is 19.4. The van der Waals surface area contributed by atoms with E-state index < -0.39 is 11.9 Å². The van der Waals surface area contributed by atoms with Gasteiger partial charge in [-0.25, -0.2) is 4.98 Å². The van der Waals surface area contributed by atoms with E-state index in [1.54, 1.807) is 0 Å². The summed E-state index contributed by atoms with van der Waals surface area (Å²) in [6, 6.07) is 10.9. The molecule has 7 heteroatoms. The molecule has 0 aliphatic rings. The van der Waals surface area contributed by atoms with Crippen molar-refractivity contribution in [2.45, 2.75) is 6.18 Å². The van der Waals surface area contributed by atoms with E-state index in [9.17, 15) is 23.4 Å². The maximum absolute atomic E-state index is 13.4. The number of aromatic nitrogens is 2. The zero-order chi connectivity index (χ0) is 17.3. The lowest BCUT2D eigenvalue weighted by atomic mass is 10.1. The normalized spacial score (nSPS) is 11.5. The Bertz CT molecular complexity index is 860. The van der Waals surface area contributed by atoms with Crippen LogP contribution < -0.4 is 0 Å². The Balaban J connectivity index is 2.14. The molecule has 2 N–H and O–H groups in total. The van der Waals surface area contributed by atoms with Crippen molar-refractivity contribution in [2.24, 2.45) is 0 Å². The quantitative estimate of drug-likeness (QED) is 0.736. The van der Waals surface area contributed by atoms with Gasteiger partial charge in [0, 0.05) is 11.1 Å². The molecule has 3 aromatic rings. The largest absolute Gasteiger partial charge is 0.508 e. The molecule has 0 radical (unpaired) electrons. The minimum atomic E-state index is -4.69. The topological polar surface area (TPSA) is 66.2 Å². The Morgan fingerprint density at radius 3 is 1.75 bits per heavy atom. The number of nitrogens with zero attached hydrogens (tertiary/aromatic N) is 2. The van der Waals surface area contributed by atoms with E-state index in [0.717, 1.165) is 0 Å². The predicted molar refractivity (Wildman–Crippen MR) is 81.2 cm³/mol. The molecule has 24 heavy (non-hydrogen) atoms. The van der Waals surface area contributed by atoms with Crippen LogP contribution in [0.15, 0.2) is 54.7 Å². The third-order valence-corrected chi connectivity index (χ3v) is 3.34. The van der Waals surface area contributed by atoms with Crippen LogP contribution in [-0.2, 0) is 6.18 Å². The van der Waals surface area contributed by atoms with Crippen LogP contribution in [0.3, 0.4) is 0 Å². The number of rotatable bonds is 2. The van der Waals surface area contributed by atoms with Gasteiger partial charge in [0.05, 0.1) is 11.9 Å². The molecular weight excluding hydrogens is 321 g/mol. The third kappa shape index (κ3) is 3.15. The van der Waals surface area contributed by atoms with E-state index >= 15 is 0 Å². The van der Waals surface area contributed by atoms with Crippen molar-refractivity contribution in [3.05, 3.63) is 60.4 Å². The zero-order valence-electron chi connectivity index (χ0n) is 12.1. The second-order valence-electron chi connectivity index (χ2n) is 5.04. The fourth-order valence-corrected chi connectivity index (χ4v) is 2.19. The van der Waals surface area contributed by atoms with Gasteiger partial charge in [-0.2, -0.15) is 13.2 Å². The van der Waals surface area contributed by atoms with Crippen LogP contribution in [0.5, 0.6) is 11.5 Å². The Morgan fingerprint density at radius 2 is 1.25 bits per heavy atom. The Kier molecular flexibility index (Phi) is 3.84. The van der Waals surface area contributed by atoms with E-state index in [1.165, 1.54) is 54.7 Å². The van der Waals surface area contributed by atoms with Crippen LogP contribution in [0.2, 0.25) is 0 Å². The summed E-state index contributed by atoms with van der Waals surface area (Å²) < 4.78 is 40.1. The lowest BCUT2D eigenvalue weighted by Crippen LogP contribution is -2.12. The van der Waals surface area contributed by atoms with Gasteiger partial charge < -0.3 is 10.2 Å². The molecule has 0 amide bonds. The molecule has 0 saturated heterocycles. The van der Waals surface area contributed by atoms with Crippen molar-refractivity contribution in [3.63, 3.8) is 0 Å². The summed E-state index contributed by atoms with van der Waals surface area (Å²) in [6.07, 6.45) is -3.45. The van der Waals surface area contributed by atoms with E-state index in [0.29, 0.717) is 5.56 Å². The highest BCUT2D eigenvalue weighted by Gasteiger charge is 2.37. The predicted octanol–water partition coefficient (Wildman–Crippen LogP) is 4.24. The van der Waals surface area contributed by atoms with Crippen LogP contribution in [0.1, 0.15) is 5.69 Å². The van der Waals surface area contributed by atoms with Gasteiger partial charge in [-0.05, 0) is 48.5 Å². The average molecular weight is 332 g/mol. The molecule has 1 heterocycles. The number of benzene rings is 2. The van der Waals surface area contributed by atoms with Crippen molar-refractivity contribution in [1.29, 1.82) is 0 Å². The second kappa shape index (κ2) is 5.84. The fourth-order valence-electron chi connectivity index (χ4n) is 2.19. The molecule has 122 valence electrons. The molecule has 0 spiro atoms. The minimum Gasteiger partial charge on any atom is -0.508 e. The molecule has 0 aliphatic heterocycles. The van der Waals surface area contributed by atoms with E-state index in [1.807, 2.05) is 0 Å². The molecule has 3 rings (SSSR count). The summed E-state index contributed by atoms with van der Waals surface area (Å²) >= 11 is 0. The standard InChI is InChI=1S/C17H11F3N2O2/c18-17(19,20)16-15(11-3-7-13(24)8-4-11)21-9-14(22-16)10-1-5-12(23)6-2-10/h1-9,23-24H. The Morgan fingerprint density at radius 1 is 0.750 bits per heavy atom. The van der Waals surface area contributed by atoms with Crippen LogP contribution in [0, 0.1) is 0 Å². The Hall–Kier alpha value is -3.09. The highest BCUT2D eigenvalue weighted by molar-refractivity contribution is 5.66. The van der Waals surface area contributed by atoms with Gasteiger partial charge in [0.1, 0.15) is 17.2 Å². The van der Waals surface area contributed by atoms with Crippen LogP contribution in [-0.4, -0.2) is 20.2 Å². The Labute approximate surface area is 134 Å². The molecule has 4 nitrogen and oxygen atoms in total. The SMILES string of the molecule is Oc1ccc(-c2cnc(-c3ccc(O)cc3)c(C(F)(F)F)n2)cc1. The molecule has 2 aromatic carbocycles. The maximum atomic E-state index is 13.4. The van der Waals surface area contributed by atoms with Crippen LogP contribution in [0.25, 0.3) is 22.5 Å². The summed E-state index contributed by atoms with van der Waals surface area (Å²) in [5.74, 6) is -0.0514. The van der Waals surface area contributed by atoms with E-state index in [4.69, 9.17) is 0 Å². The number of alkyl halides is 3. The molecule has 0 atom stereocenters. The second-order valence-corrected chi connectivity index (χ2v) is 5.04. The van der Waals surface area contributed by atoms with Crippen LogP contribution in [0.4, 0.5) is 13.2 Å². The van der Waals surface area contributed by atoms with Gasteiger partial charge in [0.15, 0.2) is 5.69 Å². The molecule has 0 unspecified atom stereocenters. The van der Waals surface area contributed by atoms with Crippen LogP contribution >= 0.6 is 0 Å². The zero-order valence-corrected chi connectivity index (χ0v) is 12.1. The summed E-state index contributed by atoms with van der Waals surface area (Å²) in [5.41, 5.74) is -0.776. The van der Waals surface area contributed by atoms with Crippen molar-refractivity contribution in [1.82, 2.24) is 9.97 Å². The van der Waals surface area contributed by atoms with Gasteiger partial charge in [0.25, 0.3) is 0 Å². The maximum Gasteiger partial charge on any atom is 0.435 e. The molecular formula is C17H11F3N2O2. The number of halogens is 3. The lowest BCUT2D eigenvalue weighted by Gasteiger charge is -2.13. The van der Waals surface area contributed by atoms with E-state index in [-0.39, 0.29) is 28.5 Å². The molecule has 0 aliphatic carbocycles. The summed E-state index contributed by atoms with van der Waals surface area (Å²) in [6.45, 7) is 0. The number of hydrogen-bond donors (Lipinski definition) is 2. The fraction of sp³-hybridized carbons (Fsp3) is 0.0588. The first-order valence-electron chi connectivity index (χ1n) is 6.87. The summed E-state index contributed by atoms with van der Waals surface area (Å²) in [5, 5.41) is 18.5. The first kappa shape index (κ1) is 15.8. The van der Waals surface area contributed by atoms with Crippen molar-refractivity contribution in [2.75, 3.05) is 0 Å². The smallest absolute Gasteiger partial charge is 0.435 e. The minimum absolute atomic E-state index is 0.00321. The van der Waals surface area contributed by atoms with Gasteiger partial charge in [-0.3, -0.25) is 4.98 Å². The average Bonchev–Trinajstić information content (AvgIpc) is 2.55. The third-order valence-electron chi connectivity index (χ3n) is 3.34. The number of phenols is 2. The monoisotopic (exact) mass is 332 g/mol. The summed E-state index contributed by atoms with van der Waals surface area (Å²) in [7, 11) is 0. The number of aromatic hydroxyl groups is 2. The summed E-state index contributed by atoms with van der Waals surface area (Å²) in [4.78, 5) is 7.63. The van der Waals surface area contributed by atoms with Gasteiger partial charge >= 0.3 is 6.18 Å². The van der Waals surface area contributed by atoms with Crippen molar-refractivity contribution < 1.29 is 23.4 Å². The van der Waals surface area contributed by atoms with Crippen molar-refractivity contribution in [3.8, 4) is 34.0 Å². The van der Waals surface area contributed by atoms with Crippen molar-refractivity contribution >= 4 is 0 Å². The van der Waals surface area contributed by atoms with E-state index in [2.05, 4.69) is 9.97 Å². The molecule has 1 aromatic heterocycles. The number of phenolic OH excluding ortho intramolecular Hbond substituents is 2. The highest BCUT2D eigenvalue weighted by Crippen LogP contribution is 2.36. The number of hydrogen-bond acceptors (Lipinski definition) is 4. The van der Waals surface area contributed by atoms with Gasteiger partial charge in [-0.15, -0.1) is 0 Å². The van der Waals surface area contributed by atoms with Gasteiger partial charge in [-0.1, -0.05) is 0 Å². The lowest BCUT2D eigenvalue weighted by molar-refractivity contribution is -0.140. The molecule has 0 fully saturated rings. The van der Waals surface area contributed by atoms with Gasteiger partial charge in [0.2, 0.25) is 0 Å². The molecule has 0 saturated carbocycles. The first-order valence-corrected chi connectivity index (χ1v) is 6.87.